The number of carbonyl (C=O) groups is 2. The molecule has 1 unspecified atom stereocenters. The normalized spacial score (nSPS) is 22.9. The lowest BCUT2D eigenvalue weighted by atomic mass is 9.95. The highest BCUT2D eigenvalue weighted by atomic mass is 32.2. The van der Waals surface area contributed by atoms with E-state index in [0.29, 0.717) is 17.8 Å². The fourth-order valence-corrected chi connectivity index (χ4v) is 5.15. The number of rotatable bonds is 5. The number of thioether (sulfide) groups is 1. The molecule has 2 aliphatic rings. The van der Waals surface area contributed by atoms with E-state index in [4.69, 9.17) is 4.74 Å². The fraction of sp³-hybridized carbons (Fsp3) is 0.619. The number of amides is 3. The molecular formula is C21H32N4O3S. The molecule has 2 fully saturated rings. The van der Waals surface area contributed by atoms with Gasteiger partial charge in [0, 0.05) is 47.7 Å². The van der Waals surface area contributed by atoms with E-state index < -0.39 is 0 Å². The number of morpholine rings is 1. The largest absolute Gasteiger partial charge is 0.379 e. The molecule has 0 saturated carbocycles. The molecule has 3 rings (SSSR count). The molecule has 1 aromatic rings. The lowest BCUT2D eigenvalue weighted by Gasteiger charge is -2.43. The minimum atomic E-state index is -0.289. The summed E-state index contributed by atoms with van der Waals surface area (Å²) in [6, 6.07) is 6.72. The molecule has 0 aliphatic carbocycles. The summed E-state index contributed by atoms with van der Waals surface area (Å²) in [4.78, 5) is 27.1. The van der Waals surface area contributed by atoms with Gasteiger partial charge < -0.3 is 20.7 Å². The Morgan fingerprint density at radius 3 is 2.45 bits per heavy atom. The molecule has 2 heterocycles. The summed E-state index contributed by atoms with van der Waals surface area (Å²) >= 11 is 1.95. The van der Waals surface area contributed by atoms with Crippen molar-refractivity contribution in [3.05, 3.63) is 29.8 Å². The van der Waals surface area contributed by atoms with E-state index in [0.717, 1.165) is 44.2 Å². The second-order valence-electron chi connectivity index (χ2n) is 8.72. The fourth-order valence-electron chi connectivity index (χ4n) is 3.67. The minimum absolute atomic E-state index is 0.0146. The predicted molar refractivity (Wildman–Crippen MR) is 118 cm³/mol. The first-order valence-electron chi connectivity index (χ1n) is 10.2. The number of anilines is 1. The summed E-state index contributed by atoms with van der Waals surface area (Å²) in [5.41, 5.74) is 0.958. The summed E-state index contributed by atoms with van der Waals surface area (Å²) in [5.74, 6) is 2.03. The van der Waals surface area contributed by atoms with Crippen LogP contribution in [0.4, 0.5) is 10.5 Å². The quantitative estimate of drug-likeness (QED) is 0.682. The Labute approximate surface area is 177 Å². The highest BCUT2D eigenvalue weighted by molar-refractivity contribution is 7.99. The zero-order valence-corrected chi connectivity index (χ0v) is 18.4. The van der Waals surface area contributed by atoms with Gasteiger partial charge in [-0.3, -0.25) is 9.69 Å². The maximum Gasteiger partial charge on any atom is 0.319 e. The van der Waals surface area contributed by atoms with Crippen LogP contribution < -0.4 is 16.0 Å². The Morgan fingerprint density at radius 1 is 1.17 bits per heavy atom. The molecule has 7 nitrogen and oxygen atoms in total. The van der Waals surface area contributed by atoms with Gasteiger partial charge in [-0.2, -0.15) is 11.8 Å². The van der Waals surface area contributed by atoms with E-state index in [2.05, 4.69) is 20.9 Å². The van der Waals surface area contributed by atoms with Gasteiger partial charge in [-0.05, 0) is 57.2 Å². The third-order valence-corrected chi connectivity index (χ3v) is 6.47. The molecule has 0 aromatic heterocycles. The third kappa shape index (κ3) is 6.10. The first-order valence-corrected chi connectivity index (χ1v) is 11.3. The maximum atomic E-state index is 12.4. The lowest BCUT2D eigenvalue weighted by Crippen LogP contribution is -2.59. The molecule has 2 saturated heterocycles. The number of ether oxygens (including phenoxy) is 1. The van der Waals surface area contributed by atoms with Crippen LogP contribution in [0.25, 0.3) is 0 Å². The van der Waals surface area contributed by atoms with Gasteiger partial charge in [0.05, 0.1) is 13.2 Å². The zero-order valence-electron chi connectivity index (χ0n) is 17.5. The highest BCUT2D eigenvalue weighted by Crippen LogP contribution is 2.33. The summed E-state index contributed by atoms with van der Waals surface area (Å²) in [6.07, 6.45) is 1.08. The second kappa shape index (κ2) is 9.36. The molecule has 3 N–H and O–H groups in total. The van der Waals surface area contributed by atoms with E-state index in [-0.39, 0.29) is 23.0 Å². The van der Waals surface area contributed by atoms with Gasteiger partial charge in [0.2, 0.25) is 0 Å². The smallest absolute Gasteiger partial charge is 0.319 e. The van der Waals surface area contributed by atoms with E-state index >= 15 is 0 Å². The van der Waals surface area contributed by atoms with Crippen LogP contribution in [-0.2, 0) is 4.74 Å². The first kappa shape index (κ1) is 21.9. The predicted octanol–water partition coefficient (Wildman–Crippen LogP) is 2.54. The van der Waals surface area contributed by atoms with Crippen molar-refractivity contribution in [2.24, 2.45) is 0 Å². The number of hydrogen-bond acceptors (Lipinski definition) is 5. The Hall–Kier alpha value is -1.77. The zero-order chi connectivity index (χ0) is 20.9. The molecule has 8 heteroatoms. The van der Waals surface area contributed by atoms with E-state index in [1.807, 2.05) is 32.5 Å². The molecule has 0 spiro atoms. The second-order valence-corrected chi connectivity index (χ2v) is 9.82. The van der Waals surface area contributed by atoms with E-state index in [1.165, 1.54) is 0 Å². The average molecular weight is 421 g/mol. The third-order valence-electron chi connectivity index (χ3n) is 5.24. The van der Waals surface area contributed by atoms with Gasteiger partial charge in [-0.1, -0.05) is 0 Å². The molecule has 29 heavy (non-hydrogen) atoms. The molecule has 1 atom stereocenters. The Balaban J connectivity index is 1.53. The van der Waals surface area contributed by atoms with Crippen LogP contribution in [0.3, 0.4) is 0 Å². The first-order chi connectivity index (χ1) is 13.8. The number of hydrogen-bond donors (Lipinski definition) is 3. The standard InChI is InChI=1S/C21H32N4O3S/c1-20(2,3)24-18(26)16-4-6-17(7-5-16)23-19(27)22-14-21(8-13-29-15-21)25-9-11-28-12-10-25/h4-7H,8-15H2,1-3H3,(H,24,26)(H2,22,23,27). The van der Waals surface area contributed by atoms with Gasteiger partial charge in [-0.15, -0.1) is 0 Å². The molecule has 160 valence electrons. The van der Waals surface area contributed by atoms with Crippen molar-refractivity contribution in [1.29, 1.82) is 0 Å². The summed E-state index contributed by atoms with van der Waals surface area (Å²) in [6.45, 7) is 9.80. The van der Waals surface area contributed by atoms with Crippen molar-refractivity contribution in [2.45, 2.75) is 38.3 Å². The van der Waals surface area contributed by atoms with Crippen LogP contribution in [0.5, 0.6) is 0 Å². The van der Waals surface area contributed by atoms with Gasteiger partial charge in [-0.25, -0.2) is 4.79 Å². The summed E-state index contributed by atoms with van der Waals surface area (Å²) < 4.78 is 5.49. The van der Waals surface area contributed by atoms with Crippen LogP contribution in [0.2, 0.25) is 0 Å². The van der Waals surface area contributed by atoms with Gasteiger partial charge in [0.1, 0.15) is 0 Å². The maximum absolute atomic E-state index is 12.4. The van der Waals surface area contributed by atoms with Crippen molar-refractivity contribution < 1.29 is 14.3 Å². The van der Waals surface area contributed by atoms with E-state index in [1.54, 1.807) is 24.3 Å². The number of benzene rings is 1. The monoisotopic (exact) mass is 420 g/mol. The van der Waals surface area contributed by atoms with Crippen LogP contribution in [-0.4, -0.2) is 72.3 Å². The van der Waals surface area contributed by atoms with Gasteiger partial charge >= 0.3 is 6.03 Å². The topological polar surface area (TPSA) is 82.7 Å². The van der Waals surface area contributed by atoms with Crippen molar-refractivity contribution in [1.82, 2.24) is 15.5 Å². The average Bonchev–Trinajstić information content (AvgIpc) is 3.17. The number of nitrogens with one attached hydrogen (secondary N) is 3. The van der Waals surface area contributed by atoms with Crippen molar-refractivity contribution >= 4 is 29.4 Å². The minimum Gasteiger partial charge on any atom is -0.379 e. The number of carbonyl (C=O) groups excluding carboxylic acids is 2. The SMILES string of the molecule is CC(C)(C)NC(=O)c1ccc(NC(=O)NCC2(N3CCOCC3)CCSC2)cc1. The van der Waals surface area contributed by atoms with Crippen molar-refractivity contribution in [3.8, 4) is 0 Å². The van der Waals surface area contributed by atoms with Crippen molar-refractivity contribution in [3.63, 3.8) is 0 Å². The highest BCUT2D eigenvalue weighted by Gasteiger charge is 2.40. The summed E-state index contributed by atoms with van der Waals surface area (Å²) in [7, 11) is 0. The van der Waals surface area contributed by atoms with Crippen molar-refractivity contribution in [2.75, 3.05) is 49.7 Å². The molecular weight excluding hydrogens is 388 g/mol. The lowest BCUT2D eigenvalue weighted by molar-refractivity contribution is -0.0123. The van der Waals surface area contributed by atoms with Crippen LogP contribution in [0, 0.1) is 0 Å². The van der Waals surface area contributed by atoms with Gasteiger partial charge in [0.15, 0.2) is 0 Å². The number of nitrogens with zero attached hydrogens (tertiary/aromatic N) is 1. The molecule has 3 amide bonds. The molecule has 1 aromatic carbocycles. The van der Waals surface area contributed by atoms with Crippen LogP contribution in [0.15, 0.2) is 24.3 Å². The molecule has 2 aliphatic heterocycles. The van der Waals surface area contributed by atoms with Gasteiger partial charge in [0.25, 0.3) is 5.91 Å². The van der Waals surface area contributed by atoms with Crippen LogP contribution >= 0.6 is 11.8 Å². The molecule has 0 radical (unpaired) electrons. The van der Waals surface area contributed by atoms with E-state index in [9.17, 15) is 9.59 Å². The van der Waals surface area contributed by atoms with Crippen LogP contribution in [0.1, 0.15) is 37.6 Å². The Bertz CT molecular complexity index is 706. The number of urea groups is 1. The Kier molecular flexibility index (Phi) is 7.08. The summed E-state index contributed by atoms with van der Waals surface area (Å²) in [5, 5.41) is 8.85. The Morgan fingerprint density at radius 2 is 1.86 bits per heavy atom. The molecule has 0 bridgehead atoms.